The Morgan fingerprint density at radius 2 is 2.05 bits per heavy atom. The first-order valence-corrected chi connectivity index (χ1v) is 7.58. The van der Waals surface area contributed by atoms with Gasteiger partial charge in [0.2, 0.25) is 0 Å². The van der Waals surface area contributed by atoms with E-state index >= 15 is 0 Å². The fourth-order valence-electron chi connectivity index (χ4n) is 3.56. The summed E-state index contributed by atoms with van der Waals surface area (Å²) in [6, 6.07) is 3.08. The molecule has 112 valence electrons. The molecule has 2 unspecified atom stereocenters. The number of aromatic nitrogens is 1. The fourth-order valence-corrected chi connectivity index (χ4v) is 3.56. The molecule has 1 saturated carbocycles. The van der Waals surface area contributed by atoms with Gasteiger partial charge in [-0.05, 0) is 31.7 Å². The number of hydrogen-bond donors (Lipinski definition) is 0. The Morgan fingerprint density at radius 1 is 1.24 bits per heavy atom. The number of ketones is 1. The Bertz CT molecular complexity index is 635. The standard InChI is InChI=1S/C16H20N2O3/c1-17-9-7-11(10-15(17)20)16(21)18-8-3-5-13(18)12-4-2-6-14(12)19/h7,9-10,12-13H,2-6,8H2,1H3. The van der Waals surface area contributed by atoms with Crippen molar-refractivity contribution < 1.29 is 9.59 Å². The average Bonchev–Trinajstić information content (AvgIpc) is 3.09. The molecule has 2 heterocycles. The number of aryl methyl sites for hydroxylation is 1. The molecule has 2 fully saturated rings. The van der Waals surface area contributed by atoms with Crippen molar-refractivity contribution in [3.05, 3.63) is 34.2 Å². The van der Waals surface area contributed by atoms with Crippen LogP contribution in [-0.2, 0) is 11.8 Å². The van der Waals surface area contributed by atoms with Crippen LogP contribution in [0.2, 0.25) is 0 Å². The second-order valence-electron chi connectivity index (χ2n) is 6.04. The van der Waals surface area contributed by atoms with Gasteiger partial charge in [-0.3, -0.25) is 14.4 Å². The van der Waals surface area contributed by atoms with Gasteiger partial charge in [0.05, 0.1) is 0 Å². The SMILES string of the molecule is Cn1ccc(C(=O)N2CCCC2C2CCCC2=O)cc1=O. The summed E-state index contributed by atoms with van der Waals surface area (Å²) >= 11 is 0. The molecule has 1 amide bonds. The summed E-state index contributed by atoms with van der Waals surface area (Å²) in [5.74, 6) is 0.182. The molecule has 5 heteroatoms. The molecule has 21 heavy (non-hydrogen) atoms. The third-order valence-electron chi connectivity index (χ3n) is 4.73. The Kier molecular flexibility index (Phi) is 3.66. The van der Waals surface area contributed by atoms with Crippen LogP contribution in [-0.4, -0.2) is 33.7 Å². The van der Waals surface area contributed by atoms with Crippen LogP contribution < -0.4 is 5.56 Å². The number of Topliss-reactive ketones (excluding diaryl/α,β-unsaturated/α-hetero) is 1. The first-order valence-electron chi connectivity index (χ1n) is 7.58. The lowest BCUT2D eigenvalue weighted by Crippen LogP contribution is -2.41. The van der Waals surface area contributed by atoms with Gasteiger partial charge in [0.1, 0.15) is 5.78 Å². The molecule has 1 aromatic rings. The number of carbonyl (C=O) groups is 2. The third kappa shape index (κ3) is 2.52. The Labute approximate surface area is 123 Å². The van der Waals surface area contributed by atoms with Crippen molar-refractivity contribution in [3.63, 3.8) is 0 Å². The van der Waals surface area contributed by atoms with Gasteiger partial charge < -0.3 is 9.47 Å². The van der Waals surface area contributed by atoms with Gasteiger partial charge in [-0.2, -0.15) is 0 Å². The lowest BCUT2D eigenvalue weighted by Gasteiger charge is -2.28. The van der Waals surface area contributed by atoms with Crippen molar-refractivity contribution in [2.75, 3.05) is 6.54 Å². The highest BCUT2D eigenvalue weighted by Gasteiger charge is 2.40. The minimum Gasteiger partial charge on any atom is -0.335 e. The molecule has 1 aromatic heterocycles. The van der Waals surface area contributed by atoms with E-state index in [0.29, 0.717) is 24.3 Å². The molecule has 1 aliphatic heterocycles. The summed E-state index contributed by atoms with van der Waals surface area (Å²) in [5, 5.41) is 0. The molecule has 1 aliphatic carbocycles. The number of amides is 1. The van der Waals surface area contributed by atoms with E-state index in [-0.39, 0.29) is 23.4 Å². The highest BCUT2D eigenvalue weighted by atomic mass is 16.2. The minimum absolute atomic E-state index is 0.00277. The van der Waals surface area contributed by atoms with Crippen molar-refractivity contribution in [1.29, 1.82) is 0 Å². The van der Waals surface area contributed by atoms with Gasteiger partial charge in [0.15, 0.2) is 0 Å². The molecule has 0 radical (unpaired) electrons. The van der Waals surface area contributed by atoms with Crippen molar-refractivity contribution >= 4 is 11.7 Å². The van der Waals surface area contributed by atoms with Gasteiger partial charge in [0, 0.05) is 49.8 Å². The zero-order chi connectivity index (χ0) is 15.0. The van der Waals surface area contributed by atoms with E-state index in [2.05, 4.69) is 0 Å². The predicted octanol–water partition coefficient (Wildman–Crippen LogP) is 1.36. The molecule has 1 saturated heterocycles. The predicted molar refractivity (Wildman–Crippen MR) is 78.1 cm³/mol. The molecule has 2 atom stereocenters. The highest BCUT2D eigenvalue weighted by Crippen LogP contribution is 2.33. The molecular formula is C16H20N2O3. The molecule has 0 spiro atoms. The van der Waals surface area contributed by atoms with E-state index < -0.39 is 0 Å². The van der Waals surface area contributed by atoms with Gasteiger partial charge in [-0.1, -0.05) is 0 Å². The van der Waals surface area contributed by atoms with Crippen LogP contribution >= 0.6 is 0 Å². The number of pyridine rings is 1. The molecule has 2 aliphatic rings. The number of hydrogen-bond acceptors (Lipinski definition) is 3. The lowest BCUT2D eigenvalue weighted by atomic mass is 9.95. The van der Waals surface area contributed by atoms with Crippen LogP contribution in [0.3, 0.4) is 0 Å². The molecular weight excluding hydrogens is 268 g/mol. The molecule has 3 rings (SSSR count). The largest absolute Gasteiger partial charge is 0.335 e. The van der Waals surface area contributed by atoms with E-state index in [0.717, 1.165) is 25.7 Å². The number of carbonyl (C=O) groups excluding carboxylic acids is 2. The van der Waals surface area contributed by atoms with Crippen LogP contribution in [0.1, 0.15) is 42.5 Å². The summed E-state index contributed by atoms with van der Waals surface area (Å²) in [7, 11) is 1.66. The van der Waals surface area contributed by atoms with Crippen LogP contribution in [0, 0.1) is 5.92 Å². The second-order valence-corrected chi connectivity index (χ2v) is 6.04. The number of likely N-dealkylation sites (tertiary alicyclic amines) is 1. The van der Waals surface area contributed by atoms with E-state index in [9.17, 15) is 14.4 Å². The maximum absolute atomic E-state index is 12.7. The quantitative estimate of drug-likeness (QED) is 0.825. The summed E-state index contributed by atoms with van der Waals surface area (Å²) in [4.78, 5) is 38.1. The van der Waals surface area contributed by atoms with Crippen LogP contribution in [0.25, 0.3) is 0 Å². The molecule has 5 nitrogen and oxygen atoms in total. The molecule has 0 bridgehead atoms. The average molecular weight is 288 g/mol. The van der Waals surface area contributed by atoms with E-state index in [1.807, 2.05) is 4.90 Å². The Balaban J connectivity index is 1.84. The van der Waals surface area contributed by atoms with Crippen molar-refractivity contribution in [1.82, 2.24) is 9.47 Å². The van der Waals surface area contributed by atoms with E-state index in [1.54, 1.807) is 19.3 Å². The number of nitrogens with zero attached hydrogens (tertiary/aromatic N) is 2. The highest BCUT2D eigenvalue weighted by molar-refractivity contribution is 5.95. The van der Waals surface area contributed by atoms with Crippen LogP contribution in [0.5, 0.6) is 0 Å². The third-order valence-corrected chi connectivity index (χ3v) is 4.73. The first kappa shape index (κ1) is 14.0. The smallest absolute Gasteiger partial charge is 0.254 e. The van der Waals surface area contributed by atoms with E-state index in [1.165, 1.54) is 10.6 Å². The van der Waals surface area contributed by atoms with Gasteiger partial charge in [-0.15, -0.1) is 0 Å². The second kappa shape index (κ2) is 5.47. The van der Waals surface area contributed by atoms with Crippen LogP contribution in [0.15, 0.2) is 23.1 Å². The van der Waals surface area contributed by atoms with Gasteiger partial charge in [-0.25, -0.2) is 0 Å². The monoisotopic (exact) mass is 288 g/mol. The lowest BCUT2D eigenvalue weighted by molar-refractivity contribution is -0.121. The Morgan fingerprint density at radius 3 is 2.71 bits per heavy atom. The van der Waals surface area contributed by atoms with E-state index in [4.69, 9.17) is 0 Å². The van der Waals surface area contributed by atoms with Crippen molar-refractivity contribution in [2.24, 2.45) is 13.0 Å². The molecule has 0 aromatic carbocycles. The Hall–Kier alpha value is -1.91. The zero-order valence-electron chi connectivity index (χ0n) is 12.2. The van der Waals surface area contributed by atoms with Crippen LogP contribution in [0.4, 0.5) is 0 Å². The zero-order valence-corrected chi connectivity index (χ0v) is 12.2. The van der Waals surface area contributed by atoms with Crippen molar-refractivity contribution in [2.45, 2.75) is 38.1 Å². The number of rotatable bonds is 2. The maximum atomic E-state index is 12.7. The fraction of sp³-hybridized carbons (Fsp3) is 0.562. The summed E-state index contributed by atoms with van der Waals surface area (Å²) in [6.07, 6.45) is 5.92. The topological polar surface area (TPSA) is 59.4 Å². The minimum atomic E-state index is -0.187. The van der Waals surface area contributed by atoms with Crippen molar-refractivity contribution in [3.8, 4) is 0 Å². The maximum Gasteiger partial charge on any atom is 0.254 e. The first-order chi connectivity index (χ1) is 10.1. The molecule has 0 N–H and O–H groups in total. The summed E-state index contributed by atoms with van der Waals surface area (Å²) < 4.78 is 1.44. The van der Waals surface area contributed by atoms with Gasteiger partial charge >= 0.3 is 0 Å². The summed E-state index contributed by atoms with van der Waals surface area (Å²) in [6.45, 7) is 0.683. The normalized spacial score (nSPS) is 25.6. The van der Waals surface area contributed by atoms with Gasteiger partial charge in [0.25, 0.3) is 11.5 Å². The summed E-state index contributed by atoms with van der Waals surface area (Å²) in [5.41, 5.74) is 0.240.